The first-order valence-electron chi connectivity index (χ1n) is 4.82. The van der Waals surface area contributed by atoms with Gasteiger partial charge in [0.1, 0.15) is 0 Å². The summed E-state index contributed by atoms with van der Waals surface area (Å²) in [5, 5.41) is 3.47. The number of fused-ring (bicyclic) bond motifs is 1. The third-order valence-corrected chi connectivity index (χ3v) is 2.54. The van der Waals surface area contributed by atoms with Crippen LogP contribution in [-0.2, 0) is 6.42 Å². The van der Waals surface area contributed by atoms with Crippen LogP contribution < -0.4 is 10.2 Å². The third kappa shape index (κ3) is 1.48. The lowest BCUT2D eigenvalue weighted by atomic mass is 10.0. The van der Waals surface area contributed by atoms with E-state index in [1.165, 1.54) is 29.8 Å². The highest BCUT2D eigenvalue weighted by Gasteiger charge is 2.12. The predicted molar refractivity (Wildman–Crippen MR) is 57.6 cm³/mol. The summed E-state index contributed by atoms with van der Waals surface area (Å²) in [5.41, 5.74) is 4.09. The van der Waals surface area contributed by atoms with Crippen molar-refractivity contribution in [2.45, 2.75) is 12.8 Å². The van der Waals surface area contributed by atoms with E-state index in [0.29, 0.717) is 0 Å². The van der Waals surface area contributed by atoms with Crippen LogP contribution in [0.25, 0.3) is 0 Å². The van der Waals surface area contributed by atoms with Gasteiger partial charge in [0.25, 0.3) is 0 Å². The van der Waals surface area contributed by atoms with Crippen molar-refractivity contribution in [2.75, 3.05) is 30.9 Å². The maximum absolute atomic E-state index is 3.47. The summed E-state index contributed by atoms with van der Waals surface area (Å²) in [7, 11) is 4.18. The van der Waals surface area contributed by atoms with Crippen LogP contribution in [0.3, 0.4) is 0 Å². The first kappa shape index (κ1) is 8.42. The summed E-state index contributed by atoms with van der Waals surface area (Å²) in [4.78, 5) is 2.16. The number of hydrogen-bond acceptors (Lipinski definition) is 2. The van der Waals surface area contributed by atoms with Crippen LogP contribution in [0.5, 0.6) is 0 Å². The quantitative estimate of drug-likeness (QED) is 0.705. The SMILES string of the molecule is CN(C)c1cccc2c1NCCC2. The third-order valence-electron chi connectivity index (χ3n) is 2.54. The molecule has 0 bridgehead atoms. The van der Waals surface area contributed by atoms with Gasteiger partial charge in [0.05, 0.1) is 11.4 Å². The van der Waals surface area contributed by atoms with E-state index in [1.54, 1.807) is 0 Å². The Hall–Kier alpha value is -1.18. The van der Waals surface area contributed by atoms with Crippen molar-refractivity contribution in [2.24, 2.45) is 0 Å². The molecule has 0 aromatic heterocycles. The van der Waals surface area contributed by atoms with Crippen LogP contribution >= 0.6 is 0 Å². The zero-order chi connectivity index (χ0) is 9.26. The second-order valence-electron chi connectivity index (χ2n) is 3.74. The second-order valence-corrected chi connectivity index (χ2v) is 3.74. The van der Waals surface area contributed by atoms with Crippen LogP contribution in [0.4, 0.5) is 11.4 Å². The lowest BCUT2D eigenvalue weighted by Gasteiger charge is -2.24. The van der Waals surface area contributed by atoms with Crippen molar-refractivity contribution in [1.29, 1.82) is 0 Å². The molecule has 2 nitrogen and oxygen atoms in total. The summed E-state index contributed by atoms with van der Waals surface area (Å²) in [6.45, 7) is 1.11. The number of anilines is 2. The molecule has 0 amide bonds. The number of nitrogens with one attached hydrogen (secondary N) is 1. The van der Waals surface area contributed by atoms with E-state index < -0.39 is 0 Å². The van der Waals surface area contributed by atoms with Gasteiger partial charge in [-0.05, 0) is 24.5 Å². The molecule has 0 fully saturated rings. The largest absolute Gasteiger partial charge is 0.383 e. The van der Waals surface area contributed by atoms with Gasteiger partial charge in [-0.3, -0.25) is 0 Å². The molecule has 1 aromatic rings. The van der Waals surface area contributed by atoms with Gasteiger partial charge < -0.3 is 10.2 Å². The van der Waals surface area contributed by atoms with Gasteiger partial charge in [-0.1, -0.05) is 12.1 Å². The number of aryl methyl sites for hydroxylation is 1. The van der Waals surface area contributed by atoms with Crippen LogP contribution in [0.1, 0.15) is 12.0 Å². The molecule has 1 aliphatic rings. The van der Waals surface area contributed by atoms with Crippen LogP contribution in [0, 0.1) is 0 Å². The first-order chi connectivity index (χ1) is 6.29. The monoisotopic (exact) mass is 176 g/mol. The van der Waals surface area contributed by atoms with Crippen LogP contribution in [-0.4, -0.2) is 20.6 Å². The van der Waals surface area contributed by atoms with Gasteiger partial charge in [-0.15, -0.1) is 0 Å². The Kier molecular flexibility index (Phi) is 2.13. The molecule has 0 unspecified atom stereocenters. The van der Waals surface area contributed by atoms with Crippen molar-refractivity contribution in [3.63, 3.8) is 0 Å². The topological polar surface area (TPSA) is 15.3 Å². The van der Waals surface area contributed by atoms with Gasteiger partial charge in [0.15, 0.2) is 0 Å². The minimum Gasteiger partial charge on any atom is -0.383 e. The summed E-state index contributed by atoms with van der Waals surface area (Å²) >= 11 is 0. The molecule has 2 rings (SSSR count). The van der Waals surface area contributed by atoms with E-state index in [-0.39, 0.29) is 0 Å². The first-order valence-corrected chi connectivity index (χ1v) is 4.82. The minimum atomic E-state index is 1.11. The molecular weight excluding hydrogens is 160 g/mol. The van der Waals surface area contributed by atoms with Crippen molar-refractivity contribution in [3.05, 3.63) is 23.8 Å². The smallest absolute Gasteiger partial charge is 0.0610 e. The van der Waals surface area contributed by atoms with Crippen LogP contribution in [0.15, 0.2) is 18.2 Å². The van der Waals surface area contributed by atoms with E-state index >= 15 is 0 Å². The maximum atomic E-state index is 3.47. The number of para-hydroxylation sites is 1. The molecule has 1 heterocycles. The number of nitrogens with zero attached hydrogens (tertiary/aromatic N) is 1. The fourth-order valence-corrected chi connectivity index (χ4v) is 1.86. The molecule has 1 aliphatic heterocycles. The average molecular weight is 176 g/mol. The Bertz CT molecular complexity index is 305. The average Bonchev–Trinajstić information content (AvgIpc) is 2.17. The zero-order valence-electron chi connectivity index (χ0n) is 8.30. The Morgan fingerprint density at radius 3 is 2.92 bits per heavy atom. The standard InChI is InChI=1S/C11H16N2/c1-13(2)10-7-3-5-9-6-4-8-12-11(9)10/h3,5,7,12H,4,6,8H2,1-2H3. The summed E-state index contributed by atoms with van der Waals surface area (Å²) in [5.74, 6) is 0. The lowest BCUT2D eigenvalue weighted by molar-refractivity contribution is 0.828. The highest BCUT2D eigenvalue weighted by atomic mass is 15.1. The zero-order valence-corrected chi connectivity index (χ0v) is 8.30. The fourth-order valence-electron chi connectivity index (χ4n) is 1.86. The van der Waals surface area contributed by atoms with Gasteiger partial charge in [0.2, 0.25) is 0 Å². The van der Waals surface area contributed by atoms with Gasteiger partial charge >= 0.3 is 0 Å². The Morgan fingerprint density at radius 2 is 2.15 bits per heavy atom. The van der Waals surface area contributed by atoms with Gasteiger partial charge in [0, 0.05) is 20.6 Å². The van der Waals surface area contributed by atoms with E-state index in [2.05, 4.69) is 42.5 Å². The lowest BCUT2D eigenvalue weighted by Crippen LogP contribution is -2.17. The highest BCUT2D eigenvalue weighted by molar-refractivity contribution is 5.74. The van der Waals surface area contributed by atoms with E-state index in [4.69, 9.17) is 0 Å². The Morgan fingerprint density at radius 1 is 1.31 bits per heavy atom. The number of benzene rings is 1. The molecule has 0 atom stereocenters. The molecule has 1 N–H and O–H groups in total. The molecule has 0 saturated heterocycles. The summed E-state index contributed by atoms with van der Waals surface area (Å²) in [6.07, 6.45) is 2.47. The van der Waals surface area contributed by atoms with Crippen LogP contribution in [0.2, 0.25) is 0 Å². The van der Waals surface area contributed by atoms with E-state index in [1.807, 2.05) is 0 Å². The maximum Gasteiger partial charge on any atom is 0.0610 e. The number of hydrogen-bond donors (Lipinski definition) is 1. The molecule has 70 valence electrons. The molecule has 2 heteroatoms. The van der Waals surface area contributed by atoms with Crippen molar-refractivity contribution < 1.29 is 0 Å². The van der Waals surface area contributed by atoms with Gasteiger partial charge in [-0.25, -0.2) is 0 Å². The fraction of sp³-hybridized carbons (Fsp3) is 0.455. The molecule has 0 aliphatic carbocycles. The number of rotatable bonds is 1. The van der Waals surface area contributed by atoms with Gasteiger partial charge in [-0.2, -0.15) is 0 Å². The normalized spacial score (nSPS) is 14.6. The van der Waals surface area contributed by atoms with E-state index in [0.717, 1.165) is 6.54 Å². The van der Waals surface area contributed by atoms with E-state index in [9.17, 15) is 0 Å². The highest BCUT2D eigenvalue weighted by Crippen LogP contribution is 2.31. The van der Waals surface area contributed by atoms with Crippen molar-refractivity contribution in [3.8, 4) is 0 Å². The molecule has 1 aromatic carbocycles. The molecule has 0 saturated carbocycles. The molecule has 0 radical (unpaired) electrons. The molecule has 0 spiro atoms. The Labute approximate surface area is 79.6 Å². The van der Waals surface area contributed by atoms with Crippen molar-refractivity contribution in [1.82, 2.24) is 0 Å². The molecule has 13 heavy (non-hydrogen) atoms. The summed E-state index contributed by atoms with van der Waals surface area (Å²) in [6, 6.07) is 6.52. The second kappa shape index (κ2) is 3.29. The van der Waals surface area contributed by atoms with Crippen molar-refractivity contribution >= 4 is 11.4 Å². The Balaban J connectivity index is 2.46. The molecular formula is C11H16N2. The summed E-state index contributed by atoms with van der Waals surface area (Å²) < 4.78 is 0. The predicted octanol–water partition coefficient (Wildman–Crippen LogP) is 2.11. The minimum absolute atomic E-state index is 1.11.